The summed E-state index contributed by atoms with van der Waals surface area (Å²) in [6.45, 7) is 1.36. The molecular weight excluding hydrogens is 368 g/mol. The van der Waals surface area contributed by atoms with E-state index in [0.29, 0.717) is 23.3 Å². The Morgan fingerprint density at radius 3 is 2.93 bits per heavy atom. The summed E-state index contributed by atoms with van der Waals surface area (Å²) in [5, 5.41) is 8.83. The largest absolute Gasteiger partial charge is 0.497 e. The standard InChI is InChI=1S/C21H20N6O2/c1-29-13-3-4-19-14(8-13)15(11-27(19)6-2-5-22)20-21(28)25-17-7-12-10-23-26-16(12)9-18(17)24-20/h3-4,7-11H,2,5-6,22H2,1H3,(H,23,26)(H,25,28). The van der Waals surface area contributed by atoms with Crippen LogP contribution in [0.2, 0.25) is 0 Å². The van der Waals surface area contributed by atoms with Crippen molar-refractivity contribution in [3.8, 4) is 17.0 Å². The van der Waals surface area contributed by atoms with E-state index in [-0.39, 0.29) is 5.56 Å². The lowest BCUT2D eigenvalue weighted by atomic mass is 10.1. The lowest BCUT2D eigenvalue weighted by molar-refractivity contribution is 0.415. The average molecular weight is 388 g/mol. The molecule has 146 valence electrons. The summed E-state index contributed by atoms with van der Waals surface area (Å²) in [5.74, 6) is 0.728. The minimum Gasteiger partial charge on any atom is -0.497 e. The number of aryl methyl sites for hydroxylation is 1. The number of rotatable bonds is 5. The number of methoxy groups -OCH3 is 1. The van der Waals surface area contributed by atoms with Crippen molar-refractivity contribution in [2.24, 2.45) is 5.73 Å². The van der Waals surface area contributed by atoms with Gasteiger partial charge in [-0.1, -0.05) is 0 Å². The number of nitrogens with zero attached hydrogens (tertiary/aromatic N) is 3. The van der Waals surface area contributed by atoms with E-state index in [4.69, 9.17) is 15.5 Å². The van der Waals surface area contributed by atoms with Gasteiger partial charge in [0, 0.05) is 34.6 Å². The molecule has 3 aromatic heterocycles. The van der Waals surface area contributed by atoms with Crippen LogP contribution in [-0.2, 0) is 6.54 Å². The predicted octanol–water partition coefficient (Wildman–Crippen LogP) is 2.78. The van der Waals surface area contributed by atoms with Crippen LogP contribution in [0.4, 0.5) is 0 Å². The normalized spacial score (nSPS) is 11.7. The summed E-state index contributed by atoms with van der Waals surface area (Å²) in [6.07, 6.45) is 4.53. The maximum absolute atomic E-state index is 12.9. The Morgan fingerprint density at radius 1 is 1.21 bits per heavy atom. The highest BCUT2D eigenvalue weighted by Gasteiger charge is 2.16. The van der Waals surface area contributed by atoms with Crippen LogP contribution in [0.15, 0.2) is 47.5 Å². The van der Waals surface area contributed by atoms with Crippen LogP contribution in [-0.4, -0.2) is 38.4 Å². The lowest BCUT2D eigenvalue weighted by Crippen LogP contribution is -2.11. The van der Waals surface area contributed by atoms with Crippen LogP contribution in [0, 0.1) is 0 Å². The van der Waals surface area contributed by atoms with Crippen LogP contribution in [0.25, 0.3) is 44.1 Å². The quantitative estimate of drug-likeness (QED) is 0.428. The maximum Gasteiger partial charge on any atom is 0.275 e. The highest BCUT2D eigenvalue weighted by atomic mass is 16.5. The van der Waals surface area contributed by atoms with Crippen molar-refractivity contribution in [1.29, 1.82) is 0 Å². The Labute approximate surface area is 165 Å². The third-order valence-corrected chi connectivity index (χ3v) is 5.20. The van der Waals surface area contributed by atoms with Crippen molar-refractivity contribution in [2.45, 2.75) is 13.0 Å². The molecule has 29 heavy (non-hydrogen) atoms. The van der Waals surface area contributed by atoms with Gasteiger partial charge < -0.3 is 20.0 Å². The minimum absolute atomic E-state index is 0.235. The second kappa shape index (κ2) is 6.75. The van der Waals surface area contributed by atoms with Gasteiger partial charge in [-0.2, -0.15) is 5.10 Å². The number of ether oxygens (including phenoxy) is 1. The molecule has 0 aliphatic heterocycles. The van der Waals surface area contributed by atoms with Gasteiger partial charge in [0.25, 0.3) is 5.56 Å². The van der Waals surface area contributed by atoms with Crippen LogP contribution < -0.4 is 16.0 Å². The molecule has 0 spiro atoms. The number of hydrogen-bond donors (Lipinski definition) is 3. The SMILES string of the molecule is COc1ccc2c(c1)c(-c1nc3cc4[nH]ncc4cc3[nH]c1=O)cn2CCCN. The maximum atomic E-state index is 12.9. The van der Waals surface area contributed by atoms with E-state index >= 15 is 0 Å². The van der Waals surface area contributed by atoms with Gasteiger partial charge in [-0.25, -0.2) is 4.98 Å². The first-order valence-electron chi connectivity index (χ1n) is 9.42. The Kier molecular flexibility index (Phi) is 4.06. The van der Waals surface area contributed by atoms with Crippen molar-refractivity contribution in [2.75, 3.05) is 13.7 Å². The summed E-state index contributed by atoms with van der Waals surface area (Å²) in [6, 6.07) is 9.62. The topological polar surface area (TPSA) is 115 Å². The molecule has 0 aliphatic rings. The molecule has 0 amide bonds. The van der Waals surface area contributed by atoms with Crippen molar-refractivity contribution in [3.63, 3.8) is 0 Å². The molecule has 0 atom stereocenters. The molecule has 0 saturated heterocycles. The summed E-state index contributed by atoms with van der Waals surface area (Å²) in [5.41, 5.74) is 9.86. The molecule has 8 heteroatoms. The van der Waals surface area contributed by atoms with E-state index in [0.717, 1.165) is 46.1 Å². The molecule has 5 rings (SSSR count). The average Bonchev–Trinajstić information content (AvgIpc) is 3.33. The van der Waals surface area contributed by atoms with Crippen molar-refractivity contribution in [3.05, 3.63) is 53.1 Å². The first-order chi connectivity index (χ1) is 14.2. The molecule has 4 N–H and O–H groups in total. The fraction of sp³-hybridized carbons (Fsp3) is 0.190. The van der Waals surface area contributed by atoms with Crippen LogP contribution in [0.3, 0.4) is 0 Å². The monoisotopic (exact) mass is 388 g/mol. The minimum atomic E-state index is -0.235. The van der Waals surface area contributed by atoms with E-state index in [1.165, 1.54) is 0 Å². The summed E-state index contributed by atoms with van der Waals surface area (Å²) in [7, 11) is 1.63. The van der Waals surface area contributed by atoms with Gasteiger partial charge in [0.1, 0.15) is 11.4 Å². The Hall–Kier alpha value is -3.65. The van der Waals surface area contributed by atoms with E-state index in [1.807, 2.05) is 36.5 Å². The molecule has 0 saturated carbocycles. The van der Waals surface area contributed by atoms with E-state index in [2.05, 4.69) is 19.7 Å². The number of benzene rings is 2. The summed E-state index contributed by atoms with van der Waals surface area (Å²) >= 11 is 0. The van der Waals surface area contributed by atoms with Crippen LogP contribution >= 0.6 is 0 Å². The third-order valence-electron chi connectivity index (χ3n) is 5.20. The molecule has 3 heterocycles. The van der Waals surface area contributed by atoms with Crippen molar-refractivity contribution in [1.82, 2.24) is 24.7 Å². The number of nitrogens with two attached hydrogens (primary N) is 1. The zero-order valence-corrected chi connectivity index (χ0v) is 15.9. The van der Waals surface area contributed by atoms with E-state index < -0.39 is 0 Å². The van der Waals surface area contributed by atoms with Crippen LogP contribution in [0.1, 0.15) is 6.42 Å². The number of H-pyrrole nitrogens is 2. The first kappa shape index (κ1) is 17.4. The van der Waals surface area contributed by atoms with Gasteiger partial charge in [0.2, 0.25) is 0 Å². The van der Waals surface area contributed by atoms with Gasteiger partial charge in [-0.3, -0.25) is 9.89 Å². The molecule has 8 nitrogen and oxygen atoms in total. The molecule has 0 radical (unpaired) electrons. The fourth-order valence-electron chi connectivity index (χ4n) is 3.75. The number of nitrogens with one attached hydrogen (secondary N) is 2. The van der Waals surface area contributed by atoms with E-state index in [9.17, 15) is 4.79 Å². The van der Waals surface area contributed by atoms with Gasteiger partial charge in [-0.15, -0.1) is 0 Å². The zero-order chi connectivity index (χ0) is 20.0. The molecule has 0 bridgehead atoms. The second-order valence-electron chi connectivity index (χ2n) is 7.00. The Balaban J connectivity index is 1.77. The van der Waals surface area contributed by atoms with Gasteiger partial charge in [0.15, 0.2) is 0 Å². The fourth-order valence-corrected chi connectivity index (χ4v) is 3.75. The zero-order valence-electron chi connectivity index (χ0n) is 15.9. The van der Waals surface area contributed by atoms with Crippen molar-refractivity contribution >= 4 is 32.8 Å². The number of hydrogen-bond acceptors (Lipinski definition) is 5. The molecule has 0 aliphatic carbocycles. The summed E-state index contributed by atoms with van der Waals surface area (Å²) < 4.78 is 7.51. The smallest absolute Gasteiger partial charge is 0.275 e. The molecule has 0 unspecified atom stereocenters. The number of aromatic amines is 2. The van der Waals surface area contributed by atoms with Crippen LogP contribution in [0.5, 0.6) is 5.75 Å². The highest BCUT2D eigenvalue weighted by Crippen LogP contribution is 2.32. The second-order valence-corrected chi connectivity index (χ2v) is 7.00. The first-order valence-corrected chi connectivity index (χ1v) is 9.42. The third kappa shape index (κ3) is 2.85. The predicted molar refractivity (Wildman–Crippen MR) is 113 cm³/mol. The molecule has 2 aromatic carbocycles. The van der Waals surface area contributed by atoms with Gasteiger partial charge in [-0.05, 0) is 43.3 Å². The molecule has 0 fully saturated rings. The molecule has 5 aromatic rings. The van der Waals surface area contributed by atoms with E-state index in [1.54, 1.807) is 13.3 Å². The van der Waals surface area contributed by atoms with Gasteiger partial charge in [0.05, 0.1) is 29.9 Å². The Morgan fingerprint density at radius 2 is 2.10 bits per heavy atom. The number of aromatic nitrogens is 5. The van der Waals surface area contributed by atoms with Gasteiger partial charge >= 0.3 is 0 Å². The Bertz CT molecular complexity index is 1410. The highest BCUT2D eigenvalue weighted by molar-refractivity contribution is 5.98. The lowest BCUT2D eigenvalue weighted by Gasteiger charge is -2.05. The summed E-state index contributed by atoms with van der Waals surface area (Å²) in [4.78, 5) is 20.6. The molecular formula is C21H20N6O2. The number of fused-ring (bicyclic) bond motifs is 3. The van der Waals surface area contributed by atoms with Crippen molar-refractivity contribution < 1.29 is 4.74 Å².